The van der Waals surface area contributed by atoms with Crippen LogP contribution in [0.4, 0.5) is 17.6 Å². The Morgan fingerprint density at radius 2 is 2.00 bits per heavy atom. The van der Waals surface area contributed by atoms with Crippen LogP contribution in [0.2, 0.25) is 5.28 Å². The van der Waals surface area contributed by atoms with Gasteiger partial charge in [0, 0.05) is 18.8 Å². The van der Waals surface area contributed by atoms with Crippen LogP contribution in [-0.4, -0.2) is 28.0 Å². The third kappa shape index (κ3) is 3.42. The highest BCUT2D eigenvalue weighted by molar-refractivity contribution is 6.28. The number of aromatic nitrogens is 3. The second kappa shape index (κ2) is 6.26. The third-order valence-electron chi connectivity index (χ3n) is 3.58. The van der Waals surface area contributed by atoms with E-state index in [9.17, 15) is 0 Å². The van der Waals surface area contributed by atoms with Gasteiger partial charge in [-0.2, -0.15) is 15.0 Å². The Morgan fingerprint density at radius 3 is 2.76 bits per heavy atom. The van der Waals surface area contributed by atoms with Gasteiger partial charge in [-0.1, -0.05) is 19.1 Å². The van der Waals surface area contributed by atoms with E-state index in [2.05, 4.69) is 44.2 Å². The predicted molar refractivity (Wildman–Crippen MR) is 85.4 cm³/mol. The summed E-state index contributed by atoms with van der Waals surface area (Å²) in [4.78, 5) is 15.0. The third-order valence-corrected chi connectivity index (χ3v) is 3.75. The monoisotopic (exact) mass is 303 g/mol. The van der Waals surface area contributed by atoms with Crippen LogP contribution in [0.15, 0.2) is 24.3 Å². The number of aryl methyl sites for hydroxylation is 1. The van der Waals surface area contributed by atoms with Crippen molar-refractivity contribution in [2.45, 2.75) is 26.2 Å². The highest BCUT2D eigenvalue weighted by Crippen LogP contribution is 2.21. The van der Waals surface area contributed by atoms with Gasteiger partial charge in [0.25, 0.3) is 0 Å². The van der Waals surface area contributed by atoms with Gasteiger partial charge in [0.1, 0.15) is 0 Å². The average Bonchev–Trinajstić information content (AvgIpc) is 3.01. The van der Waals surface area contributed by atoms with Gasteiger partial charge in [0.05, 0.1) is 0 Å². The molecule has 5 nitrogen and oxygen atoms in total. The molecular formula is C15H18ClN5. The maximum absolute atomic E-state index is 6.02. The molecule has 1 N–H and O–H groups in total. The predicted octanol–water partition coefficient (Wildman–Crippen LogP) is 3.43. The zero-order valence-electron chi connectivity index (χ0n) is 12.0. The molecule has 0 unspecified atom stereocenters. The van der Waals surface area contributed by atoms with Crippen LogP contribution in [0, 0.1) is 0 Å². The number of nitrogens with zero attached hydrogens (tertiary/aromatic N) is 4. The van der Waals surface area contributed by atoms with E-state index >= 15 is 0 Å². The number of hydrogen-bond acceptors (Lipinski definition) is 5. The first kappa shape index (κ1) is 14.1. The number of benzene rings is 1. The first-order valence-corrected chi connectivity index (χ1v) is 7.65. The van der Waals surface area contributed by atoms with Gasteiger partial charge in [-0.25, -0.2) is 0 Å². The molecule has 3 rings (SSSR count). The summed E-state index contributed by atoms with van der Waals surface area (Å²) in [5, 5.41) is 3.43. The summed E-state index contributed by atoms with van der Waals surface area (Å²) in [5.74, 6) is 1.15. The van der Waals surface area contributed by atoms with Gasteiger partial charge in [-0.3, -0.25) is 0 Å². The molecule has 21 heavy (non-hydrogen) atoms. The summed E-state index contributed by atoms with van der Waals surface area (Å²) >= 11 is 6.02. The number of anilines is 3. The molecule has 0 spiro atoms. The van der Waals surface area contributed by atoms with Crippen LogP contribution < -0.4 is 10.2 Å². The summed E-state index contributed by atoms with van der Waals surface area (Å²) in [6.45, 7) is 4.08. The lowest BCUT2D eigenvalue weighted by atomic mass is 10.1. The second-order valence-electron chi connectivity index (χ2n) is 5.10. The number of hydrogen-bond donors (Lipinski definition) is 1. The Kier molecular flexibility index (Phi) is 4.20. The van der Waals surface area contributed by atoms with Crippen LogP contribution in [0.25, 0.3) is 0 Å². The zero-order valence-corrected chi connectivity index (χ0v) is 12.8. The van der Waals surface area contributed by atoms with Crippen LogP contribution in [0.5, 0.6) is 0 Å². The Balaban J connectivity index is 1.84. The summed E-state index contributed by atoms with van der Waals surface area (Å²) in [6.07, 6.45) is 3.34. The quantitative estimate of drug-likeness (QED) is 0.938. The first-order chi connectivity index (χ1) is 10.2. The van der Waals surface area contributed by atoms with Crippen LogP contribution >= 0.6 is 11.6 Å². The van der Waals surface area contributed by atoms with Gasteiger partial charge >= 0.3 is 0 Å². The van der Waals surface area contributed by atoms with Crippen LogP contribution in [0.3, 0.4) is 0 Å². The van der Waals surface area contributed by atoms with E-state index in [4.69, 9.17) is 11.6 Å². The molecule has 110 valence electrons. The van der Waals surface area contributed by atoms with Crippen molar-refractivity contribution in [1.82, 2.24) is 15.0 Å². The smallest absolute Gasteiger partial charge is 0.233 e. The summed E-state index contributed by atoms with van der Waals surface area (Å²) < 4.78 is 0. The van der Waals surface area contributed by atoms with Gasteiger partial charge in [0.2, 0.25) is 17.2 Å². The molecule has 1 fully saturated rings. The normalized spacial score (nSPS) is 14.5. The van der Waals surface area contributed by atoms with Gasteiger partial charge < -0.3 is 10.2 Å². The Labute approximate surface area is 129 Å². The molecule has 1 saturated heterocycles. The van der Waals surface area contributed by atoms with Crippen molar-refractivity contribution < 1.29 is 0 Å². The highest BCUT2D eigenvalue weighted by Gasteiger charge is 2.17. The van der Waals surface area contributed by atoms with Crippen LogP contribution in [0.1, 0.15) is 25.3 Å². The Hall–Kier alpha value is -1.88. The molecule has 0 bridgehead atoms. The minimum atomic E-state index is 0.223. The molecule has 6 heteroatoms. The summed E-state index contributed by atoms with van der Waals surface area (Å²) in [6, 6.07) is 8.20. The molecule has 1 aliphatic heterocycles. The minimum absolute atomic E-state index is 0.223. The second-order valence-corrected chi connectivity index (χ2v) is 5.44. The largest absolute Gasteiger partial charge is 0.341 e. The molecule has 2 heterocycles. The Morgan fingerprint density at radius 1 is 1.19 bits per heavy atom. The standard InChI is InChI=1S/C15H18ClN5/c1-2-11-6-5-7-12(10-11)17-14-18-13(16)19-15(20-14)21-8-3-4-9-21/h5-7,10H,2-4,8-9H2,1H3,(H,17,18,19,20). The lowest BCUT2D eigenvalue weighted by molar-refractivity contribution is 0.883. The van der Waals surface area contributed by atoms with Crippen molar-refractivity contribution in [3.63, 3.8) is 0 Å². The van der Waals surface area contributed by atoms with Crippen molar-refractivity contribution in [2.24, 2.45) is 0 Å². The fraction of sp³-hybridized carbons (Fsp3) is 0.400. The van der Waals surface area contributed by atoms with Gasteiger partial charge in [-0.15, -0.1) is 0 Å². The van der Waals surface area contributed by atoms with E-state index in [0.717, 1.165) is 25.2 Å². The van der Waals surface area contributed by atoms with Gasteiger partial charge in [0.15, 0.2) is 0 Å². The lowest BCUT2D eigenvalue weighted by Crippen LogP contribution is -2.21. The highest BCUT2D eigenvalue weighted by atomic mass is 35.5. The summed E-state index contributed by atoms with van der Waals surface area (Å²) in [5.41, 5.74) is 2.23. The summed E-state index contributed by atoms with van der Waals surface area (Å²) in [7, 11) is 0. The molecule has 0 saturated carbocycles. The van der Waals surface area contributed by atoms with Crippen molar-refractivity contribution in [1.29, 1.82) is 0 Å². The number of nitrogens with one attached hydrogen (secondary N) is 1. The van der Waals surface area contributed by atoms with E-state index in [1.165, 1.54) is 18.4 Å². The van der Waals surface area contributed by atoms with E-state index < -0.39 is 0 Å². The van der Waals surface area contributed by atoms with E-state index in [1.54, 1.807) is 0 Å². The molecule has 0 aliphatic carbocycles. The number of rotatable bonds is 4. The maximum Gasteiger partial charge on any atom is 0.233 e. The fourth-order valence-corrected chi connectivity index (χ4v) is 2.61. The fourth-order valence-electron chi connectivity index (χ4n) is 2.45. The molecular weight excluding hydrogens is 286 g/mol. The van der Waals surface area contributed by atoms with Crippen molar-refractivity contribution in [3.8, 4) is 0 Å². The molecule has 1 aromatic carbocycles. The maximum atomic E-state index is 6.02. The topological polar surface area (TPSA) is 53.9 Å². The molecule has 0 amide bonds. The molecule has 1 aromatic heterocycles. The molecule has 0 atom stereocenters. The molecule has 2 aromatic rings. The Bertz CT molecular complexity index is 625. The van der Waals surface area contributed by atoms with E-state index in [1.807, 2.05) is 12.1 Å². The SMILES string of the molecule is CCc1cccc(Nc2nc(Cl)nc(N3CCCC3)n2)c1. The van der Waals surface area contributed by atoms with E-state index in [-0.39, 0.29) is 5.28 Å². The zero-order chi connectivity index (χ0) is 14.7. The van der Waals surface area contributed by atoms with E-state index in [0.29, 0.717) is 11.9 Å². The van der Waals surface area contributed by atoms with Crippen molar-refractivity contribution >= 4 is 29.2 Å². The number of halogens is 1. The lowest BCUT2D eigenvalue weighted by Gasteiger charge is -2.15. The van der Waals surface area contributed by atoms with Crippen LogP contribution in [-0.2, 0) is 6.42 Å². The first-order valence-electron chi connectivity index (χ1n) is 7.27. The van der Waals surface area contributed by atoms with Crippen molar-refractivity contribution in [2.75, 3.05) is 23.3 Å². The average molecular weight is 304 g/mol. The molecule has 0 radical (unpaired) electrons. The van der Waals surface area contributed by atoms with Crippen molar-refractivity contribution in [3.05, 3.63) is 35.1 Å². The van der Waals surface area contributed by atoms with Gasteiger partial charge in [-0.05, 0) is 48.6 Å². The molecule has 1 aliphatic rings. The minimum Gasteiger partial charge on any atom is -0.341 e.